The van der Waals surface area contributed by atoms with Gasteiger partial charge >= 0.3 is 0 Å². The fourth-order valence-corrected chi connectivity index (χ4v) is 6.85. The number of hydrogen-bond acceptors (Lipinski definition) is 5. The minimum absolute atomic E-state index is 0.0144. The van der Waals surface area contributed by atoms with Crippen molar-refractivity contribution in [1.82, 2.24) is 10.2 Å². The molecular weight excluding hydrogens is 609 g/mol. The topological polar surface area (TPSA) is 96.0 Å². The van der Waals surface area contributed by atoms with Gasteiger partial charge < -0.3 is 15.0 Å². The van der Waals surface area contributed by atoms with Crippen LogP contribution in [0, 0.1) is 6.92 Å². The Bertz CT molecular complexity index is 1540. The molecule has 0 spiro atoms. The Balaban J connectivity index is 1.73. The highest BCUT2D eigenvalue weighted by atomic mass is 35.5. The van der Waals surface area contributed by atoms with Gasteiger partial charge in [0.1, 0.15) is 18.3 Å². The van der Waals surface area contributed by atoms with Gasteiger partial charge in [-0.25, -0.2) is 8.42 Å². The highest BCUT2D eigenvalue weighted by Gasteiger charge is 2.34. The van der Waals surface area contributed by atoms with Crippen molar-refractivity contribution in [2.24, 2.45) is 0 Å². The third-order valence-corrected chi connectivity index (χ3v) is 10.0. The quantitative estimate of drug-likeness (QED) is 0.247. The standard InChI is InChI=1S/C32H37Cl2N3O5S/c1-4-42-30-12-8-7-11-29(30)37(43(40,41)26-16-13-22(2)14-17-26)21-31(38)36(20-24-15-18-27(33)28(34)19-24)23(3)32(39)35-25-9-5-6-10-25/h7-8,11-19,23,25H,4-6,9-10,20-21H2,1-3H3,(H,35,39). The van der Waals surface area contributed by atoms with Gasteiger partial charge in [0.2, 0.25) is 11.8 Å². The fourth-order valence-electron chi connectivity index (χ4n) is 5.10. The van der Waals surface area contributed by atoms with Crippen LogP contribution in [0.2, 0.25) is 10.0 Å². The summed E-state index contributed by atoms with van der Waals surface area (Å²) in [5.74, 6) is -0.554. The van der Waals surface area contributed by atoms with Crippen molar-refractivity contribution < 1.29 is 22.7 Å². The van der Waals surface area contributed by atoms with E-state index < -0.39 is 28.5 Å². The molecule has 43 heavy (non-hydrogen) atoms. The average molecular weight is 647 g/mol. The van der Waals surface area contributed by atoms with Crippen molar-refractivity contribution in [3.63, 3.8) is 0 Å². The van der Waals surface area contributed by atoms with Crippen LogP contribution in [-0.2, 0) is 26.2 Å². The van der Waals surface area contributed by atoms with Crippen LogP contribution in [0.15, 0.2) is 71.6 Å². The molecule has 1 aliphatic carbocycles. The van der Waals surface area contributed by atoms with Gasteiger partial charge in [-0.1, -0.05) is 71.9 Å². The number of amides is 2. The maximum absolute atomic E-state index is 14.2. The Kier molecular flexibility index (Phi) is 11.0. The van der Waals surface area contributed by atoms with Crippen LogP contribution >= 0.6 is 23.2 Å². The number of nitrogens with zero attached hydrogens (tertiary/aromatic N) is 2. The lowest BCUT2D eigenvalue weighted by atomic mass is 10.1. The molecule has 1 atom stereocenters. The highest BCUT2D eigenvalue weighted by Crippen LogP contribution is 2.33. The smallest absolute Gasteiger partial charge is 0.264 e. The lowest BCUT2D eigenvalue weighted by Gasteiger charge is -2.33. The van der Waals surface area contributed by atoms with Gasteiger partial charge in [-0.15, -0.1) is 0 Å². The molecule has 0 aliphatic heterocycles. The van der Waals surface area contributed by atoms with Crippen LogP contribution in [0.4, 0.5) is 5.69 Å². The highest BCUT2D eigenvalue weighted by molar-refractivity contribution is 7.92. The number of halogens is 2. The molecule has 1 N–H and O–H groups in total. The zero-order chi connectivity index (χ0) is 31.1. The SMILES string of the molecule is CCOc1ccccc1N(CC(=O)N(Cc1ccc(Cl)c(Cl)c1)C(C)C(=O)NC1CCCC1)S(=O)(=O)c1ccc(C)cc1. The molecule has 3 aromatic rings. The van der Waals surface area contributed by atoms with Gasteiger partial charge in [-0.05, 0) is 75.6 Å². The normalized spacial score (nSPS) is 14.3. The summed E-state index contributed by atoms with van der Waals surface area (Å²) in [6.45, 7) is 5.05. The second-order valence-electron chi connectivity index (χ2n) is 10.7. The second kappa shape index (κ2) is 14.5. The molecule has 1 saturated carbocycles. The molecule has 4 rings (SSSR count). The van der Waals surface area contributed by atoms with E-state index in [2.05, 4.69) is 5.32 Å². The largest absolute Gasteiger partial charge is 0.492 e. The Morgan fingerprint density at radius 1 is 1.00 bits per heavy atom. The zero-order valence-corrected chi connectivity index (χ0v) is 26.9. The molecule has 0 saturated heterocycles. The van der Waals surface area contributed by atoms with Crippen molar-refractivity contribution >= 4 is 50.7 Å². The number of nitrogens with one attached hydrogen (secondary N) is 1. The first-order valence-electron chi connectivity index (χ1n) is 14.4. The summed E-state index contributed by atoms with van der Waals surface area (Å²) >= 11 is 12.4. The molecule has 230 valence electrons. The molecule has 3 aromatic carbocycles. The van der Waals surface area contributed by atoms with E-state index in [1.54, 1.807) is 68.4 Å². The molecule has 8 nitrogen and oxygen atoms in total. The van der Waals surface area contributed by atoms with E-state index in [0.717, 1.165) is 35.6 Å². The van der Waals surface area contributed by atoms with E-state index in [0.29, 0.717) is 28.0 Å². The van der Waals surface area contributed by atoms with E-state index in [1.807, 2.05) is 6.92 Å². The zero-order valence-electron chi connectivity index (χ0n) is 24.6. The van der Waals surface area contributed by atoms with E-state index in [-0.39, 0.29) is 29.1 Å². The van der Waals surface area contributed by atoms with Crippen LogP contribution in [-0.4, -0.2) is 50.4 Å². The van der Waals surface area contributed by atoms with Crippen molar-refractivity contribution in [2.45, 2.75) is 70.0 Å². The van der Waals surface area contributed by atoms with Crippen LogP contribution < -0.4 is 14.4 Å². The van der Waals surface area contributed by atoms with Gasteiger partial charge in [-0.2, -0.15) is 0 Å². The maximum atomic E-state index is 14.2. The number of aryl methyl sites for hydroxylation is 1. The van der Waals surface area contributed by atoms with Crippen LogP contribution in [0.3, 0.4) is 0 Å². The third kappa shape index (κ3) is 8.02. The first-order valence-corrected chi connectivity index (χ1v) is 16.6. The van der Waals surface area contributed by atoms with Gasteiger partial charge in [0.05, 0.1) is 27.2 Å². The molecule has 11 heteroatoms. The Hall–Kier alpha value is -3.27. The molecule has 0 aromatic heterocycles. The van der Waals surface area contributed by atoms with Crippen molar-refractivity contribution in [1.29, 1.82) is 0 Å². The summed E-state index contributed by atoms with van der Waals surface area (Å²) in [6.07, 6.45) is 3.85. The van der Waals surface area contributed by atoms with E-state index in [4.69, 9.17) is 27.9 Å². The van der Waals surface area contributed by atoms with Crippen molar-refractivity contribution in [3.8, 4) is 5.75 Å². The monoisotopic (exact) mass is 645 g/mol. The van der Waals surface area contributed by atoms with Crippen LogP contribution in [0.5, 0.6) is 5.75 Å². The number of ether oxygens (including phenoxy) is 1. The Labute approximate surface area is 264 Å². The minimum atomic E-state index is -4.22. The van der Waals surface area contributed by atoms with Crippen LogP contribution in [0.25, 0.3) is 0 Å². The minimum Gasteiger partial charge on any atom is -0.492 e. The summed E-state index contributed by atoms with van der Waals surface area (Å²) in [4.78, 5) is 29.0. The van der Waals surface area contributed by atoms with Crippen molar-refractivity contribution in [3.05, 3.63) is 87.9 Å². The van der Waals surface area contributed by atoms with Crippen LogP contribution in [0.1, 0.15) is 50.7 Å². The first-order chi connectivity index (χ1) is 20.5. The van der Waals surface area contributed by atoms with Gasteiger partial charge in [0.15, 0.2) is 0 Å². The lowest BCUT2D eigenvalue weighted by Crippen LogP contribution is -2.52. The summed E-state index contributed by atoms with van der Waals surface area (Å²) in [5, 5.41) is 3.73. The number of carbonyl (C=O) groups is 2. The van der Waals surface area contributed by atoms with Gasteiger partial charge in [0, 0.05) is 12.6 Å². The number of anilines is 1. The predicted molar refractivity (Wildman–Crippen MR) is 170 cm³/mol. The van der Waals surface area contributed by atoms with Gasteiger partial charge in [-0.3, -0.25) is 13.9 Å². The number of hydrogen-bond donors (Lipinski definition) is 1. The number of rotatable bonds is 12. The maximum Gasteiger partial charge on any atom is 0.264 e. The molecule has 0 bridgehead atoms. The molecule has 1 unspecified atom stereocenters. The Morgan fingerprint density at radius 3 is 2.33 bits per heavy atom. The number of para-hydroxylation sites is 2. The number of sulfonamides is 1. The molecule has 1 aliphatic rings. The predicted octanol–water partition coefficient (Wildman–Crippen LogP) is 6.37. The number of benzene rings is 3. The average Bonchev–Trinajstić information content (AvgIpc) is 3.50. The third-order valence-electron chi connectivity index (χ3n) is 7.53. The molecule has 0 heterocycles. The molecule has 0 radical (unpaired) electrons. The molecular formula is C32H37Cl2N3O5S. The van der Waals surface area contributed by atoms with E-state index in [1.165, 1.54) is 17.0 Å². The molecule has 2 amide bonds. The summed E-state index contributed by atoms with van der Waals surface area (Å²) in [5.41, 5.74) is 1.76. The second-order valence-corrected chi connectivity index (χ2v) is 13.3. The lowest BCUT2D eigenvalue weighted by molar-refractivity contribution is -0.139. The number of carbonyl (C=O) groups excluding carboxylic acids is 2. The van der Waals surface area contributed by atoms with E-state index in [9.17, 15) is 18.0 Å². The summed E-state index contributed by atoms with van der Waals surface area (Å²) in [7, 11) is -4.22. The van der Waals surface area contributed by atoms with E-state index >= 15 is 0 Å². The summed E-state index contributed by atoms with van der Waals surface area (Å²) < 4.78 is 35.1. The van der Waals surface area contributed by atoms with Gasteiger partial charge in [0.25, 0.3) is 10.0 Å². The van der Waals surface area contributed by atoms with Crippen molar-refractivity contribution in [2.75, 3.05) is 17.5 Å². The first kappa shape index (κ1) is 32.6. The summed E-state index contributed by atoms with van der Waals surface area (Å²) in [6, 6.07) is 17.2. The fraction of sp³-hybridized carbons (Fsp3) is 0.375. The molecule has 1 fully saturated rings. The Morgan fingerprint density at radius 2 is 1.67 bits per heavy atom.